The number of aromatic nitrogens is 1. The molecular weight excluding hydrogens is 408 g/mol. The second-order valence-electron chi connectivity index (χ2n) is 8.70. The van der Waals surface area contributed by atoms with Gasteiger partial charge in [-0.25, -0.2) is 4.79 Å². The van der Waals surface area contributed by atoms with Crippen LogP contribution in [0.5, 0.6) is 0 Å². The van der Waals surface area contributed by atoms with E-state index in [4.69, 9.17) is 0 Å². The zero-order valence-corrected chi connectivity index (χ0v) is 18.6. The highest BCUT2D eigenvalue weighted by Crippen LogP contribution is 2.39. The second-order valence-corrected chi connectivity index (χ2v) is 8.70. The number of benzene rings is 1. The molecule has 8 nitrogen and oxygen atoms in total. The number of nitrogens with zero attached hydrogens (tertiary/aromatic N) is 4. The van der Waals surface area contributed by atoms with Crippen molar-refractivity contribution in [3.8, 4) is 0 Å². The molecule has 1 unspecified atom stereocenters. The number of anilines is 1. The molecule has 3 amide bonds. The molecule has 8 heteroatoms. The molecule has 2 aliphatic heterocycles. The molecule has 0 saturated carbocycles. The summed E-state index contributed by atoms with van der Waals surface area (Å²) in [5.74, 6) is -0.0889. The predicted octanol–water partition coefficient (Wildman–Crippen LogP) is 3.51. The molecule has 0 spiro atoms. The number of amides is 3. The molecule has 1 aromatic heterocycles. The molecule has 1 saturated heterocycles. The van der Waals surface area contributed by atoms with E-state index in [2.05, 4.69) is 18.8 Å². The van der Waals surface area contributed by atoms with Gasteiger partial charge >= 0.3 is 6.09 Å². The highest BCUT2D eigenvalue weighted by atomic mass is 16.4. The van der Waals surface area contributed by atoms with E-state index < -0.39 is 12.1 Å². The molecular formula is C24H28N4O4. The zero-order chi connectivity index (χ0) is 23.0. The SMILES string of the molecule is CC(C)c1ccc(N(C)C(=O)C2c3ccccc3C(=O)N2C2CCN(C(=O)O)CC2)cn1. The molecule has 0 bridgehead atoms. The molecule has 0 aliphatic carbocycles. The van der Waals surface area contributed by atoms with Crippen molar-refractivity contribution in [2.75, 3.05) is 25.0 Å². The third-order valence-corrected chi connectivity index (χ3v) is 6.44. The van der Waals surface area contributed by atoms with Gasteiger partial charge in [-0.05, 0) is 42.5 Å². The largest absolute Gasteiger partial charge is 0.465 e. The lowest BCUT2D eigenvalue weighted by Gasteiger charge is -2.39. The molecule has 3 heterocycles. The average molecular weight is 437 g/mol. The maximum Gasteiger partial charge on any atom is 0.407 e. The van der Waals surface area contributed by atoms with Crippen molar-refractivity contribution in [3.05, 3.63) is 59.4 Å². The highest BCUT2D eigenvalue weighted by molar-refractivity contribution is 6.08. The average Bonchev–Trinajstić information content (AvgIpc) is 3.10. The van der Waals surface area contributed by atoms with Crippen LogP contribution in [0.1, 0.15) is 60.3 Å². The van der Waals surface area contributed by atoms with Crippen molar-refractivity contribution in [2.45, 2.75) is 44.7 Å². The van der Waals surface area contributed by atoms with Crippen LogP contribution in [0.15, 0.2) is 42.6 Å². The zero-order valence-electron chi connectivity index (χ0n) is 18.6. The third-order valence-electron chi connectivity index (χ3n) is 6.44. The number of rotatable bonds is 4. The molecule has 168 valence electrons. The van der Waals surface area contributed by atoms with Crippen molar-refractivity contribution in [3.63, 3.8) is 0 Å². The quantitative estimate of drug-likeness (QED) is 0.792. The Balaban J connectivity index is 1.63. The summed E-state index contributed by atoms with van der Waals surface area (Å²) in [6.45, 7) is 4.81. The van der Waals surface area contributed by atoms with Gasteiger partial charge < -0.3 is 19.8 Å². The Labute approximate surface area is 187 Å². The van der Waals surface area contributed by atoms with Crippen LogP contribution in [0, 0.1) is 0 Å². The van der Waals surface area contributed by atoms with E-state index in [0.717, 1.165) is 5.69 Å². The first kappa shape index (κ1) is 21.8. The number of hydrogen-bond acceptors (Lipinski definition) is 4. The van der Waals surface area contributed by atoms with Crippen LogP contribution in [0.2, 0.25) is 0 Å². The maximum atomic E-state index is 13.7. The summed E-state index contributed by atoms with van der Waals surface area (Å²) in [6, 6.07) is 10.1. The fourth-order valence-corrected chi connectivity index (χ4v) is 4.55. The molecule has 1 fully saturated rings. The number of pyridine rings is 1. The van der Waals surface area contributed by atoms with E-state index in [9.17, 15) is 19.5 Å². The van der Waals surface area contributed by atoms with Crippen molar-refractivity contribution in [1.29, 1.82) is 0 Å². The van der Waals surface area contributed by atoms with E-state index in [-0.39, 0.29) is 23.8 Å². The molecule has 1 atom stereocenters. The first-order valence-electron chi connectivity index (χ1n) is 10.9. The fourth-order valence-electron chi connectivity index (χ4n) is 4.55. The van der Waals surface area contributed by atoms with E-state index in [1.165, 1.54) is 4.90 Å². The van der Waals surface area contributed by atoms with Gasteiger partial charge in [-0.3, -0.25) is 14.6 Å². The Morgan fingerprint density at radius 1 is 1.12 bits per heavy atom. The van der Waals surface area contributed by atoms with Crippen molar-refractivity contribution in [2.24, 2.45) is 0 Å². The lowest BCUT2D eigenvalue weighted by molar-refractivity contribution is -0.123. The van der Waals surface area contributed by atoms with Crippen LogP contribution in [0.3, 0.4) is 0 Å². The highest BCUT2D eigenvalue weighted by Gasteiger charge is 2.46. The molecule has 1 N–H and O–H groups in total. The number of hydrogen-bond donors (Lipinski definition) is 1. The van der Waals surface area contributed by atoms with Gasteiger partial charge in [0, 0.05) is 37.4 Å². The summed E-state index contributed by atoms with van der Waals surface area (Å²) in [4.78, 5) is 47.3. The first-order valence-corrected chi connectivity index (χ1v) is 10.9. The minimum absolute atomic E-state index is 0.172. The predicted molar refractivity (Wildman–Crippen MR) is 120 cm³/mol. The number of carbonyl (C=O) groups is 3. The van der Waals surface area contributed by atoms with Crippen LogP contribution in [-0.4, -0.2) is 64.0 Å². The third kappa shape index (κ3) is 3.81. The number of fused-ring (bicyclic) bond motifs is 1. The molecule has 32 heavy (non-hydrogen) atoms. The molecule has 1 aromatic carbocycles. The number of carboxylic acid groups (broad SMARTS) is 1. The van der Waals surface area contributed by atoms with E-state index in [1.54, 1.807) is 35.2 Å². The van der Waals surface area contributed by atoms with Crippen LogP contribution >= 0.6 is 0 Å². The topological polar surface area (TPSA) is 94.1 Å². The van der Waals surface area contributed by atoms with Crippen LogP contribution in [0.4, 0.5) is 10.5 Å². The van der Waals surface area contributed by atoms with Gasteiger partial charge in [0.15, 0.2) is 0 Å². The van der Waals surface area contributed by atoms with Crippen LogP contribution < -0.4 is 4.90 Å². The number of piperidine rings is 1. The van der Waals surface area contributed by atoms with Crippen LogP contribution in [-0.2, 0) is 4.79 Å². The Morgan fingerprint density at radius 2 is 1.81 bits per heavy atom. The second kappa shape index (κ2) is 8.61. The summed E-state index contributed by atoms with van der Waals surface area (Å²) >= 11 is 0. The van der Waals surface area contributed by atoms with Gasteiger partial charge in [0.1, 0.15) is 6.04 Å². The van der Waals surface area contributed by atoms with Gasteiger partial charge in [-0.1, -0.05) is 32.0 Å². The minimum Gasteiger partial charge on any atom is -0.465 e. The van der Waals surface area contributed by atoms with Gasteiger partial charge in [-0.2, -0.15) is 0 Å². The summed E-state index contributed by atoms with van der Waals surface area (Å²) in [5, 5.41) is 9.26. The monoisotopic (exact) mass is 436 g/mol. The van der Waals surface area contributed by atoms with Crippen molar-refractivity contribution >= 4 is 23.6 Å². The summed E-state index contributed by atoms with van der Waals surface area (Å²) in [5.41, 5.74) is 2.84. The lowest BCUT2D eigenvalue weighted by Crippen LogP contribution is -2.50. The Morgan fingerprint density at radius 3 is 2.41 bits per heavy atom. The van der Waals surface area contributed by atoms with Crippen LogP contribution in [0.25, 0.3) is 0 Å². The van der Waals surface area contributed by atoms with Gasteiger partial charge in [0.05, 0.1) is 11.9 Å². The number of carbonyl (C=O) groups excluding carboxylic acids is 2. The lowest BCUT2D eigenvalue weighted by atomic mass is 10.00. The Kier molecular flexibility index (Phi) is 5.86. The van der Waals surface area contributed by atoms with Gasteiger partial charge in [0.2, 0.25) is 0 Å². The maximum absolute atomic E-state index is 13.7. The number of likely N-dealkylation sites (N-methyl/N-ethyl adjacent to an activating group) is 1. The summed E-state index contributed by atoms with van der Waals surface area (Å²) in [6.07, 6.45) is 1.74. The molecule has 2 aliphatic rings. The summed E-state index contributed by atoms with van der Waals surface area (Å²) < 4.78 is 0. The van der Waals surface area contributed by atoms with Gasteiger partial charge in [0.25, 0.3) is 11.8 Å². The summed E-state index contributed by atoms with van der Waals surface area (Å²) in [7, 11) is 1.70. The Hall–Kier alpha value is -3.42. The first-order chi connectivity index (χ1) is 15.3. The minimum atomic E-state index is -0.954. The Bertz CT molecular complexity index is 1030. The standard InChI is InChI=1S/C24H28N4O4/c1-15(2)20-9-8-17(14-25-20)26(3)23(30)21-18-6-4-5-7-19(18)22(29)28(21)16-10-12-27(13-11-16)24(31)32/h4-9,14-16,21H,10-13H2,1-3H3,(H,31,32). The van der Waals surface area contributed by atoms with E-state index in [0.29, 0.717) is 42.7 Å². The van der Waals surface area contributed by atoms with Crippen molar-refractivity contribution < 1.29 is 19.5 Å². The van der Waals surface area contributed by atoms with Crippen molar-refractivity contribution in [1.82, 2.24) is 14.8 Å². The van der Waals surface area contributed by atoms with Gasteiger partial charge in [-0.15, -0.1) is 0 Å². The normalized spacial score (nSPS) is 18.8. The smallest absolute Gasteiger partial charge is 0.407 e. The number of likely N-dealkylation sites (tertiary alicyclic amines) is 1. The van der Waals surface area contributed by atoms with E-state index >= 15 is 0 Å². The molecule has 4 rings (SSSR count). The molecule has 2 aromatic rings. The molecule has 0 radical (unpaired) electrons. The van der Waals surface area contributed by atoms with E-state index in [1.807, 2.05) is 24.3 Å². The fraction of sp³-hybridized carbons (Fsp3) is 0.417.